The van der Waals surface area contributed by atoms with Crippen molar-refractivity contribution in [2.24, 2.45) is 0 Å². The zero-order chi connectivity index (χ0) is 16.2. The molecule has 2 aromatic rings. The monoisotopic (exact) mass is 309 g/mol. The number of hydrogen-bond acceptors (Lipinski definition) is 3. The van der Waals surface area contributed by atoms with Gasteiger partial charge in [-0.3, -0.25) is 9.88 Å². The topological polar surface area (TPSA) is 28.2 Å². The van der Waals surface area contributed by atoms with Gasteiger partial charge in [0.2, 0.25) is 0 Å². The van der Waals surface area contributed by atoms with Crippen molar-refractivity contribution in [1.29, 1.82) is 0 Å². The second-order valence-electron chi connectivity index (χ2n) is 6.55. The van der Waals surface area contributed by atoms with Crippen LogP contribution in [0.3, 0.4) is 0 Å². The van der Waals surface area contributed by atoms with Crippen molar-refractivity contribution in [3.8, 4) is 0 Å². The summed E-state index contributed by atoms with van der Waals surface area (Å²) in [5.74, 6) is 0. The molecule has 0 bridgehead atoms. The van der Waals surface area contributed by atoms with Crippen LogP contribution >= 0.6 is 0 Å². The van der Waals surface area contributed by atoms with Crippen molar-refractivity contribution in [1.82, 2.24) is 15.2 Å². The Hall–Kier alpha value is -1.71. The predicted octanol–water partition coefficient (Wildman–Crippen LogP) is 3.26. The van der Waals surface area contributed by atoms with Crippen LogP contribution in [0.1, 0.15) is 40.9 Å². The summed E-state index contributed by atoms with van der Waals surface area (Å²) in [6.07, 6.45) is 3.07. The summed E-state index contributed by atoms with van der Waals surface area (Å²) in [5, 5.41) is 3.45. The molecule has 1 aliphatic heterocycles. The maximum absolute atomic E-state index is 4.80. The van der Waals surface area contributed by atoms with Gasteiger partial charge in [-0.25, -0.2) is 0 Å². The first-order valence-electron chi connectivity index (χ1n) is 8.65. The van der Waals surface area contributed by atoms with Gasteiger partial charge in [0.1, 0.15) is 0 Å². The molecule has 3 heteroatoms. The Labute approximate surface area is 139 Å². The molecule has 1 aromatic heterocycles. The van der Waals surface area contributed by atoms with Crippen LogP contribution in [0.5, 0.6) is 0 Å². The molecule has 1 aliphatic rings. The molecule has 3 nitrogen and oxygen atoms in total. The molecule has 3 rings (SSSR count). The average molecular weight is 309 g/mol. The van der Waals surface area contributed by atoms with Gasteiger partial charge in [-0.15, -0.1) is 0 Å². The van der Waals surface area contributed by atoms with E-state index < -0.39 is 0 Å². The van der Waals surface area contributed by atoms with Gasteiger partial charge in [0, 0.05) is 32.4 Å². The molecule has 122 valence electrons. The third kappa shape index (κ3) is 3.80. The number of pyridine rings is 1. The molecule has 1 saturated heterocycles. The first-order chi connectivity index (χ1) is 11.2. The summed E-state index contributed by atoms with van der Waals surface area (Å²) in [6.45, 7) is 10.8. The van der Waals surface area contributed by atoms with E-state index in [-0.39, 0.29) is 6.04 Å². The highest BCUT2D eigenvalue weighted by Gasteiger charge is 2.25. The molecular formula is C20H27N3. The van der Waals surface area contributed by atoms with Crippen molar-refractivity contribution in [3.63, 3.8) is 0 Å². The van der Waals surface area contributed by atoms with Crippen LogP contribution in [0, 0.1) is 13.8 Å². The average Bonchev–Trinajstić information content (AvgIpc) is 2.56. The highest BCUT2D eigenvalue weighted by Crippen LogP contribution is 2.29. The lowest BCUT2D eigenvalue weighted by molar-refractivity contribution is 0.195. The molecule has 1 unspecified atom stereocenters. The van der Waals surface area contributed by atoms with E-state index in [1.807, 2.05) is 6.20 Å². The number of hydrogen-bond donors (Lipinski definition) is 1. The second-order valence-corrected chi connectivity index (χ2v) is 6.55. The van der Waals surface area contributed by atoms with E-state index in [0.717, 1.165) is 38.3 Å². The van der Waals surface area contributed by atoms with Crippen molar-refractivity contribution in [2.45, 2.75) is 33.2 Å². The minimum atomic E-state index is 0.251. The van der Waals surface area contributed by atoms with Gasteiger partial charge in [0.25, 0.3) is 0 Å². The molecule has 1 N–H and O–H groups in total. The van der Waals surface area contributed by atoms with Crippen molar-refractivity contribution in [3.05, 3.63) is 64.5 Å². The Morgan fingerprint density at radius 3 is 2.35 bits per heavy atom. The number of nitrogens with one attached hydrogen (secondary N) is 1. The zero-order valence-electron chi connectivity index (χ0n) is 14.5. The van der Waals surface area contributed by atoms with Gasteiger partial charge >= 0.3 is 0 Å². The van der Waals surface area contributed by atoms with E-state index in [4.69, 9.17) is 4.98 Å². The van der Waals surface area contributed by atoms with Crippen molar-refractivity contribution in [2.75, 3.05) is 26.2 Å². The third-order valence-corrected chi connectivity index (χ3v) is 4.61. The van der Waals surface area contributed by atoms with Gasteiger partial charge in [-0.2, -0.15) is 0 Å². The van der Waals surface area contributed by atoms with Gasteiger partial charge in [-0.1, -0.05) is 42.3 Å². The summed E-state index contributed by atoms with van der Waals surface area (Å²) in [4.78, 5) is 7.35. The van der Waals surface area contributed by atoms with E-state index in [0.29, 0.717) is 0 Å². The quantitative estimate of drug-likeness (QED) is 0.939. The molecule has 1 atom stereocenters. The Morgan fingerprint density at radius 1 is 1.09 bits per heavy atom. The minimum absolute atomic E-state index is 0.251. The summed E-state index contributed by atoms with van der Waals surface area (Å²) in [6, 6.07) is 11.6. The molecular weight excluding hydrogens is 282 g/mol. The van der Waals surface area contributed by atoms with Crippen molar-refractivity contribution >= 4 is 0 Å². The number of nitrogens with zero attached hydrogens (tertiary/aromatic N) is 2. The first-order valence-corrected chi connectivity index (χ1v) is 8.65. The fourth-order valence-corrected chi connectivity index (χ4v) is 3.48. The standard InChI is InChI=1S/C20H27N3/c1-4-17-5-6-19(22-14-17)20(23-9-7-21-8-10-23)18-12-15(2)11-16(3)13-18/h5-6,11-14,20-21H,4,7-10H2,1-3H3. The van der Waals surface area contributed by atoms with Gasteiger partial charge in [-0.05, 0) is 37.5 Å². The number of aryl methyl sites for hydroxylation is 3. The highest BCUT2D eigenvalue weighted by molar-refractivity contribution is 5.35. The van der Waals surface area contributed by atoms with Crippen LogP contribution in [0.25, 0.3) is 0 Å². The SMILES string of the molecule is CCc1ccc(C(c2cc(C)cc(C)c2)N2CCNCC2)nc1. The Kier molecular flexibility index (Phi) is 5.09. The van der Waals surface area contributed by atoms with E-state index in [1.54, 1.807) is 0 Å². The number of benzene rings is 1. The van der Waals surface area contributed by atoms with E-state index in [2.05, 4.69) is 61.3 Å². The Bertz CT molecular complexity index is 622. The molecule has 0 aliphatic carbocycles. The largest absolute Gasteiger partial charge is 0.314 e. The lowest BCUT2D eigenvalue weighted by atomic mass is 9.96. The predicted molar refractivity (Wildman–Crippen MR) is 95.8 cm³/mol. The Balaban J connectivity index is 2.01. The van der Waals surface area contributed by atoms with Gasteiger partial charge in [0.15, 0.2) is 0 Å². The van der Waals surface area contributed by atoms with Crippen LogP contribution in [-0.4, -0.2) is 36.1 Å². The van der Waals surface area contributed by atoms with Gasteiger partial charge in [0.05, 0.1) is 11.7 Å². The van der Waals surface area contributed by atoms with Crippen molar-refractivity contribution < 1.29 is 0 Å². The molecule has 1 fully saturated rings. The van der Waals surface area contributed by atoms with Gasteiger partial charge < -0.3 is 5.32 Å². The molecule has 0 spiro atoms. The van der Waals surface area contributed by atoms with E-state index >= 15 is 0 Å². The van der Waals surface area contributed by atoms with Crippen LogP contribution < -0.4 is 5.32 Å². The fraction of sp³-hybridized carbons (Fsp3) is 0.450. The van der Waals surface area contributed by atoms with Crippen LogP contribution in [0.15, 0.2) is 36.5 Å². The maximum Gasteiger partial charge on any atom is 0.0777 e. The lowest BCUT2D eigenvalue weighted by Crippen LogP contribution is -2.45. The highest BCUT2D eigenvalue weighted by atomic mass is 15.2. The zero-order valence-corrected chi connectivity index (χ0v) is 14.5. The molecule has 0 radical (unpaired) electrons. The molecule has 0 saturated carbocycles. The van der Waals surface area contributed by atoms with E-state index in [1.165, 1.54) is 22.3 Å². The third-order valence-electron chi connectivity index (χ3n) is 4.61. The second kappa shape index (κ2) is 7.24. The molecule has 2 heterocycles. The molecule has 23 heavy (non-hydrogen) atoms. The summed E-state index contributed by atoms with van der Waals surface area (Å²) in [5.41, 5.74) is 6.47. The number of piperazine rings is 1. The summed E-state index contributed by atoms with van der Waals surface area (Å²) in [7, 11) is 0. The van der Waals surface area contributed by atoms with E-state index in [9.17, 15) is 0 Å². The molecule has 0 amide bonds. The lowest BCUT2D eigenvalue weighted by Gasteiger charge is -2.35. The number of rotatable bonds is 4. The van der Waals surface area contributed by atoms with Crippen LogP contribution in [0.4, 0.5) is 0 Å². The minimum Gasteiger partial charge on any atom is -0.314 e. The van der Waals surface area contributed by atoms with Crippen LogP contribution in [0.2, 0.25) is 0 Å². The molecule has 1 aromatic carbocycles. The normalized spacial score (nSPS) is 17.2. The Morgan fingerprint density at radius 2 is 1.78 bits per heavy atom. The summed E-state index contributed by atoms with van der Waals surface area (Å²) < 4.78 is 0. The summed E-state index contributed by atoms with van der Waals surface area (Å²) >= 11 is 0. The fourth-order valence-electron chi connectivity index (χ4n) is 3.48. The first kappa shape index (κ1) is 16.2. The maximum atomic E-state index is 4.80. The number of aromatic nitrogens is 1. The smallest absolute Gasteiger partial charge is 0.0777 e. The van der Waals surface area contributed by atoms with Crippen LogP contribution in [-0.2, 0) is 6.42 Å².